The smallest absolute Gasteiger partial charge is 0.338 e. The zero-order valence-corrected chi connectivity index (χ0v) is 20.9. The molecule has 36 heavy (non-hydrogen) atoms. The van der Waals surface area contributed by atoms with E-state index < -0.39 is 12.0 Å². The summed E-state index contributed by atoms with van der Waals surface area (Å²) in [7, 11) is 1.57. The molecule has 2 aromatic carbocycles. The fourth-order valence-electron chi connectivity index (χ4n) is 4.56. The molecule has 1 saturated heterocycles. The summed E-state index contributed by atoms with van der Waals surface area (Å²) in [6, 6.07) is 13.9. The third-order valence-electron chi connectivity index (χ3n) is 6.47. The molecule has 0 radical (unpaired) electrons. The van der Waals surface area contributed by atoms with Crippen LogP contribution < -0.4 is 20.3 Å². The van der Waals surface area contributed by atoms with Crippen LogP contribution in [-0.4, -0.2) is 69.1 Å². The summed E-state index contributed by atoms with van der Waals surface area (Å²) in [6.07, 6.45) is 0. The molecule has 2 N–H and O–H groups in total. The van der Waals surface area contributed by atoms with Crippen molar-refractivity contribution in [3.63, 3.8) is 0 Å². The lowest BCUT2D eigenvalue weighted by molar-refractivity contribution is -0.139. The van der Waals surface area contributed by atoms with Crippen molar-refractivity contribution < 1.29 is 23.9 Å². The van der Waals surface area contributed by atoms with Gasteiger partial charge in [0.2, 0.25) is 0 Å². The van der Waals surface area contributed by atoms with Crippen LogP contribution in [0, 0.1) is 0 Å². The van der Waals surface area contributed by atoms with Crippen molar-refractivity contribution in [1.29, 1.82) is 0 Å². The molecule has 1 unspecified atom stereocenters. The molecular formula is C27H32N4O5. The number of carbonyl (C=O) groups is 3. The average Bonchev–Trinajstić information content (AvgIpc) is 2.89. The van der Waals surface area contributed by atoms with Gasteiger partial charge in [0, 0.05) is 49.7 Å². The minimum Gasteiger partial charge on any atom is -0.497 e. The number of rotatable bonds is 8. The lowest BCUT2D eigenvalue weighted by Gasteiger charge is -2.38. The fourth-order valence-corrected chi connectivity index (χ4v) is 4.56. The van der Waals surface area contributed by atoms with Crippen molar-refractivity contribution in [3.8, 4) is 5.75 Å². The van der Waals surface area contributed by atoms with Crippen LogP contribution in [0.15, 0.2) is 59.8 Å². The minimum absolute atomic E-state index is 0.0494. The molecule has 0 bridgehead atoms. The van der Waals surface area contributed by atoms with Gasteiger partial charge < -0.3 is 25.0 Å². The van der Waals surface area contributed by atoms with E-state index in [1.165, 1.54) is 0 Å². The quantitative estimate of drug-likeness (QED) is 0.432. The number of hydrogen-bond acceptors (Lipinski definition) is 7. The SMILES string of the molecule is CCOC(=O)C1=C(CN2CCN(c3ccc(C(C)=O)cc3)CC2)NC(=O)NC1c1cccc(OC)c1. The zero-order valence-electron chi connectivity index (χ0n) is 20.9. The number of benzene rings is 2. The molecule has 2 amide bonds. The van der Waals surface area contributed by atoms with Crippen molar-refractivity contribution in [1.82, 2.24) is 15.5 Å². The molecule has 0 spiro atoms. The summed E-state index contributed by atoms with van der Waals surface area (Å²) in [4.78, 5) is 41.7. The molecule has 1 fully saturated rings. The lowest BCUT2D eigenvalue weighted by Crippen LogP contribution is -2.51. The van der Waals surface area contributed by atoms with Gasteiger partial charge in [0.1, 0.15) is 5.75 Å². The van der Waals surface area contributed by atoms with Gasteiger partial charge in [-0.15, -0.1) is 0 Å². The second kappa shape index (κ2) is 11.3. The van der Waals surface area contributed by atoms with E-state index in [0.29, 0.717) is 29.1 Å². The highest BCUT2D eigenvalue weighted by Crippen LogP contribution is 2.30. The van der Waals surface area contributed by atoms with E-state index in [4.69, 9.17) is 9.47 Å². The van der Waals surface area contributed by atoms with Gasteiger partial charge in [-0.05, 0) is 55.8 Å². The number of ether oxygens (including phenoxy) is 2. The van der Waals surface area contributed by atoms with Crippen LogP contribution >= 0.6 is 0 Å². The Labute approximate surface area is 211 Å². The number of hydrogen-bond donors (Lipinski definition) is 2. The van der Waals surface area contributed by atoms with Gasteiger partial charge >= 0.3 is 12.0 Å². The minimum atomic E-state index is -0.649. The first-order chi connectivity index (χ1) is 17.4. The molecule has 2 heterocycles. The number of methoxy groups -OCH3 is 1. The highest BCUT2D eigenvalue weighted by atomic mass is 16.5. The van der Waals surface area contributed by atoms with E-state index in [9.17, 15) is 14.4 Å². The standard InChI is InChI=1S/C27H32N4O5/c1-4-36-26(33)24-23(28-27(34)29-25(24)20-6-5-7-22(16-20)35-3)17-30-12-14-31(15-13-30)21-10-8-19(9-11-21)18(2)32/h5-11,16,25H,4,12-15,17H2,1-3H3,(H2,28,29,34). The van der Waals surface area contributed by atoms with Crippen molar-refractivity contribution in [3.05, 3.63) is 70.9 Å². The first-order valence-electron chi connectivity index (χ1n) is 12.1. The Morgan fingerprint density at radius 3 is 2.42 bits per heavy atom. The number of esters is 1. The highest BCUT2D eigenvalue weighted by Gasteiger charge is 2.35. The van der Waals surface area contributed by atoms with Crippen LogP contribution in [0.25, 0.3) is 0 Å². The normalized spacial score (nSPS) is 18.4. The van der Waals surface area contributed by atoms with Crippen LogP contribution in [0.1, 0.15) is 35.8 Å². The van der Waals surface area contributed by atoms with Crippen molar-refractivity contribution in [2.75, 3.05) is 51.3 Å². The molecule has 2 aliphatic heterocycles. The zero-order chi connectivity index (χ0) is 25.7. The summed E-state index contributed by atoms with van der Waals surface area (Å²) in [5.41, 5.74) is 3.45. The summed E-state index contributed by atoms with van der Waals surface area (Å²) in [6.45, 7) is 7.04. The Morgan fingerprint density at radius 1 is 1.06 bits per heavy atom. The van der Waals surface area contributed by atoms with Gasteiger partial charge in [0.05, 0.1) is 25.3 Å². The van der Waals surface area contributed by atoms with Crippen LogP contribution in [-0.2, 0) is 9.53 Å². The molecule has 0 aliphatic carbocycles. The molecule has 2 aliphatic rings. The molecule has 1 atom stereocenters. The molecule has 9 nitrogen and oxygen atoms in total. The second-order valence-corrected chi connectivity index (χ2v) is 8.79. The molecule has 2 aromatic rings. The topological polar surface area (TPSA) is 100 Å². The van der Waals surface area contributed by atoms with Crippen molar-refractivity contribution >= 4 is 23.5 Å². The van der Waals surface area contributed by atoms with Gasteiger partial charge in [-0.2, -0.15) is 0 Å². The number of Topliss-reactive ketones (excluding diaryl/α,β-unsaturated/α-hetero) is 1. The lowest BCUT2D eigenvalue weighted by atomic mass is 9.94. The number of nitrogens with zero attached hydrogens (tertiary/aromatic N) is 2. The van der Waals surface area contributed by atoms with E-state index in [0.717, 1.165) is 37.4 Å². The van der Waals surface area contributed by atoms with Crippen molar-refractivity contribution in [2.45, 2.75) is 19.9 Å². The van der Waals surface area contributed by atoms with Gasteiger partial charge in [-0.25, -0.2) is 9.59 Å². The Balaban J connectivity index is 1.53. The van der Waals surface area contributed by atoms with E-state index in [1.54, 1.807) is 21.0 Å². The van der Waals surface area contributed by atoms with Crippen LogP contribution in [0.5, 0.6) is 5.75 Å². The van der Waals surface area contributed by atoms with E-state index in [1.807, 2.05) is 48.5 Å². The Bertz CT molecular complexity index is 1150. The molecule has 190 valence electrons. The fraction of sp³-hybridized carbons (Fsp3) is 0.370. The third kappa shape index (κ3) is 5.68. The first kappa shape index (κ1) is 25.2. The second-order valence-electron chi connectivity index (χ2n) is 8.79. The number of urea groups is 1. The summed E-state index contributed by atoms with van der Waals surface area (Å²) in [5, 5.41) is 5.72. The molecule has 4 rings (SSSR count). The van der Waals surface area contributed by atoms with E-state index in [-0.39, 0.29) is 18.4 Å². The maximum absolute atomic E-state index is 13.1. The van der Waals surface area contributed by atoms with Gasteiger partial charge in [-0.3, -0.25) is 9.69 Å². The Hall–Kier alpha value is -3.85. The van der Waals surface area contributed by atoms with E-state index >= 15 is 0 Å². The van der Waals surface area contributed by atoms with Gasteiger partial charge in [-0.1, -0.05) is 12.1 Å². The maximum Gasteiger partial charge on any atom is 0.338 e. The van der Waals surface area contributed by atoms with E-state index in [2.05, 4.69) is 20.4 Å². The average molecular weight is 493 g/mol. The Morgan fingerprint density at radius 2 is 1.78 bits per heavy atom. The maximum atomic E-state index is 13.1. The van der Waals surface area contributed by atoms with Gasteiger partial charge in [0.15, 0.2) is 5.78 Å². The largest absolute Gasteiger partial charge is 0.497 e. The molecule has 0 aromatic heterocycles. The number of nitrogens with one attached hydrogen (secondary N) is 2. The number of piperazine rings is 1. The summed E-state index contributed by atoms with van der Waals surface area (Å²) < 4.78 is 10.7. The number of amides is 2. The van der Waals surface area contributed by atoms with Gasteiger partial charge in [0.25, 0.3) is 0 Å². The molecule has 0 saturated carbocycles. The summed E-state index contributed by atoms with van der Waals surface area (Å²) in [5.74, 6) is 0.225. The van der Waals surface area contributed by atoms with Crippen molar-refractivity contribution in [2.24, 2.45) is 0 Å². The first-order valence-corrected chi connectivity index (χ1v) is 12.1. The predicted molar refractivity (Wildman–Crippen MR) is 136 cm³/mol. The van der Waals surface area contributed by atoms with Crippen LogP contribution in [0.4, 0.5) is 10.5 Å². The Kier molecular flexibility index (Phi) is 7.90. The third-order valence-corrected chi connectivity index (χ3v) is 6.47. The number of carbonyl (C=O) groups excluding carboxylic acids is 3. The molecule has 9 heteroatoms. The molecular weight excluding hydrogens is 460 g/mol. The summed E-state index contributed by atoms with van der Waals surface area (Å²) >= 11 is 0. The predicted octanol–water partition coefficient (Wildman–Crippen LogP) is 2.89. The monoisotopic (exact) mass is 492 g/mol. The highest BCUT2D eigenvalue weighted by molar-refractivity contribution is 5.95. The van der Waals surface area contributed by atoms with Crippen LogP contribution in [0.3, 0.4) is 0 Å². The van der Waals surface area contributed by atoms with Crippen LogP contribution in [0.2, 0.25) is 0 Å². The number of ketones is 1. The number of anilines is 1.